The fourth-order valence-electron chi connectivity index (χ4n) is 3.53. The van der Waals surface area contributed by atoms with E-state index in [0.29, 0.717) is 11.5 Å². The molecule has 28 heavy (non-hydrogen) atoms. The van der Waals surface area contributed by atoms with Gasteiger partial charge in [0.25, 0.3) is 5.56 Å². The summed E-state index contributed by atoms with van der Waals surface area (Å²) in [7, 11) is 0. The molecule has 0 spiro atoms. The van der Waals surface area contributed by atoms with Crippen LogP contribution in [-0.4, -0.2) is 71.8 Å². The minimum absolute atomic E-state index is 0.432. The second-order valence-electron chi connectivity index (χ2n) is 6.61. The number of Topliss-reactive ketones (excluding diaryl/α,β-unsaturated/α-hetero) is 3. The number of nitrogens with zero attached hydrogens (tertiary/aromatic N) is 1. The van der Waals surface area contributed by atoms with Crippen molar-refractivity contribution in [2.24, 2.45) is 0 Å². The van der Waals surface area contributed by atoms with Gasteiger partial charge in [-0.2, -0.15) is 0 Å². The van der Waals surface area contributed by atoms with Gasteiger partial charge in [-0.05, 0) is 20.8 Å². The third kappa shape index (κ3) is 2.53. The van der Waals surface area contributed by atoms with Gasteiger partial charge in [0.1, 0.15) is 12.8 Å². The van der Waals surface area contributed by atoms with Gasteiger partial charge in [0.2, 0.25) is 5.60 Å². The average Bonchev–Trinajstić information content (AvgIpc) is 2.82. The Balaban J connectivity index is 2.95. The highest BCUT2D eigenvalue weighted by Gasteiger charge is 2.80. The molecule has 1 aromatic heterocycles. The smallest absolute Gasteiger partial charge is 0.330 e. The summed E-state index contributed by atoms with van der Waals surface area (Å²) in [5, 5.41) is 32.4. The molecule has 11 nitrogen and oxygen atoms in total. The van der Waals surface area contributed by atoms with Crippen LogP contribution in [0.15, 0.2) is 21.9 Å². The van der Waals surface area contributed by atoms with E-state index in [4.69, 9.17) is 4.74 Å². The SMILES string of the molecule is CC(=O)C(O)[C@@]1(CF)O[C@@H](n2ccc(=O)[nH]c2=O)[C@@](O)(C(C)=O)[C@@]1(O)C(C)=O. The Labute approximate surface area is 156 Å². The maximum atomic E-state index is 14.2. The van der Waals surface area contributed by atoms with Gasteiger partial charge < -0.3 is 20.1 Å². The van der Waals surface area contributed by atoms with E-state index in [1.807, 2.05) is 0 Å². The number of aliphatic hydroxyl groups is 3. The van der Waals surface area contributed by atoms with Crippen LogP contribution in [0.5, 0.6) is 0 Å². The minimum Gasteiger partial charge on any atom is -0.382 e. The van der Waals surface area contributed by atoms with E-state index in [2.05, 4.69) is 0 Å². The van der Waals surface area contributed by atoms with Crippen molar-refractivity contribution in [3.63, 3.8) is 0 Å². The number of hydrogen-bond donors (Lipinski definition) is 4. The van der Waals surface area contributed by atoms with E-state index in [1.165, 1.54) is 0 Å². The summed E-state index contributed by atoms with van der Waals surface area (Å²) >= 11 is 0. The lowest BCUT2D eigenvalue weighted by Gasteiger charge is -2.43. The second kappa shape index (κ2) is 6.81. The molecule has 1 aliphatic rings. The van der Waals surface area contributed by atoms with E-state index in [-0.39, 0.29) is 0 Å². The quantitative estimate of drug-likeness (QED) is 0.396. The largest absolute Gasteiger partial charge is 0.382 e. The van der Waals surface area contributed by atoms with Crippen molar-refractivity contribution in [2.75, 3.05) is 6.67 Å². The summed E-state index contributed by atoms with van der Waals surface area (Å²) in [6.07, 6.45) is -3.97. The molecule has 2 heterocycles. The van der Waals surface area contributed by atoms with Crippen LogP contribution in [0.25, 0.3) is 0 Å². The Bertz CT molecular complexity index is 956. The van der Waals surface area contributed by atoms with Gasteiger partial charge in [-0.25, -0.2) is 9.18 Å². The molecule has 1 fully saturated rings. The molecule has 154 valence electrons. The van der Waals surface area contributed by atoms with Crippen molar-refractivity contribution in [3.05, 3.63) is 33.1 Å². The van der Waals surface area contributed by atoms with E-state index in [0.717, 1.165) is 26.1 Å². The predicted octanol–water partition coefficient (Wildman–Crippen LogP) is -2.64. The zero-order valence-corrected chi connectivity index (χ0v) is 15.1. The Morgan fingerprint density at radius 2 is 1.82 bits per heavy atom. The van der Waals surface area contributed by atoms with Crippen LogP contribution in [0.2, 0.25) is 0 Å². The van der Waals surface area contributed by atoms with Crippen molar-refractivity contribution in [1.82, 2.24) is 9.55 Å². The number of carbonyl (C=O) groups excluding carboxylic acids is 3. The minimum atomic E-state index is -3.45. The molecule has 1 aliphatic heterocycles. The molecular weight excluding hydrogens is 383 g/mol. The molecule has 1 saturated heterocycles. The highest BCUT2D eigenvalue weighted by Crippen LogP contribution is 2.54. The first-order chi connectivity index (χ1) is 12.8. The van der Waals surface area contributed by atoms with E-state index >= 15 is 0 Å². The number of aliphatic hydroxyl groups excluding tert-OH is 1. The summed E-state index contributed by atoms with van der Waals surface area (Å²) in [6, 6.07) is 0.801. The lowest BCUT2D eigenvalue weighted by Crippen LogP contribution is -2.74. The van der Waals surface area contributed by atoms with Crippen LogP contribution in [-0.2, 0) is 19.1 Å². The van der Waals surface area contributed by atoms with E-state index in [9.17, 15) is 43.7 Å². The third-order valence-corrected chi connectivity index (χ3v) is 5.02. The average molecular weight is 402 g/mol. The summed E-state index contributed by atoms with van der Waals surface area (Å²) in [6.45, 7) is 0.342. The molecule has 0 radical (unpaired) electrons. The molecule has 0 aromatic carbocycles. The first-order valence-corrected chi connectivity index (χ1v) is 8.01. The number of nitrogens with one attached hydrogen (secondary N) is 1. The van der Waals surface area contributed by atoms with E-state index < -0.39 is 64.4 Å². The fourth-order valence-corrected chi connectivity index (χ4v) is 3.53. The molecule has 1 unspecified atom stereocenters. The lowest BCUT2D eigenvalue weighted by molar-refractivity contribution is -0.211. The zero-order chi connectivity index (χ0) is 21.7. The molecular formula is C16H19FN2O9. The van der Waals surface area contributed by atoms with Crippen molar-refractivity contribution < 1.29 is 38.8 Å². The van der Waals surface area contributed by atoms with Crippen LogP contribution in [0.4, 0.5) is 4.39 Å². The number of ether oxygens (including phenoxy) is 1. The zero-order valence-electron chi connectivity index (χ0n) is 15.1. The third-order valence-electron chi connectivity index (χ3n) is 5.02. The van der Waals surface area contributed by atoms with Crippen molar-refractivity contribution in [3.8, 4) is 0 Å². The fraction of sp³-hybridized carbons (Fsp3) is 0.562. The molecule has 1 aromatic rings. The summed E-state index contributed by atoms with van der Waals surface area (Å²) in [5.74, 6) is -3.86. The van der Waals surface area contributed by atoms with Crippen molar-refractivity contribution >= 4 is 17.3 Å². The van der Waals surface area contributed by atoms with Gasteiger partial charge in [-0.1, -0.05) is 0 Å². The highest BCUT2D eigenvalue weighted by atomic mass is 19.1. The Morgan fingerprint density at radius 1 is 1.25 bits per heavy atom. The van der Waals surface area contributed by atoms with Gasteiger partial charge in [0.15, 0.2) is 34.8 Å². The maximum absolute atomic E-state index is 14.2. The Kier molecular flexibility index (Phi) is 5.29. The lowest BCUT2D eigenvalue weighted by atomic mass is 9.66. The van der Waals surface area contributed by atoms with Crippen molar-refractivity contribution in [1.29, 1.82) is 0 Å². The molecule has 4 N–H and O–H groups in total. The van der Waals surface area contributed by atoms with Gasteiger partial charge in [-0.15, -0.1) is 0 Å². The molecule has 0 amide bonds. The van der Waals surface area contributed by atoms with Crippen LogP contribution in [0.3, 0.4) is 0 Å². The second-order valence-corrected chi connectivity index (χ2v) is 6.61. The summed E-state index contributed by atoms with van der Waals surface area (Å²) in [5.41, 5.74) is -11.9. The first-order valence-electron chi connectivity index (χ1n) is 8.01. The van der Waals surface area contributed by atoms with E-state index in [1.54, 1.807) is 4.98 Å². The maximum Gasteiger partial charge on any atom is 0.330 e. The molecule has 5 atom stereocenters. The molecule has 2 rings (SSSR count). The summed E-state index contributed by atoms with van der Waals surface area (Å²) < 4.78 is 19.8. The molecule has 12 heteroatoms. The first kappa shape index (κ1) is 21.8. The number of rotatable bonds is 6. The standard InChI is InChI=1S/C16H19FN2O9/c1-7(20)11(24)14(6-17)16(27,9(3)22)15(26,8(2)21)12(28-14)19-5-4-10(23)18-13(19)25/h4-5,11-12,24,26-27H,6H2,1-3H3,(H,18,23,25)/t11?,12-,14-,15+,16-/m1/s1. The number of halogens is 1. The van der Waals surface area contributed by atoms with Crippen LogP contribution in [0, 0.1) is 0 Å². The van der Waals surface area contributed by atoms with Crippen LogP contribution >= 0.6 is 0 Å². The Hall–Kier alpha value is -2.54. The molecule has 0 bridgehead atoms. The monoisotopic (exact) mass is 402 g/mol. The van der Waals surface area contributed by atoms with Gasteiger partial charge >= 0.3 is 5.69 Å². The molecule has 0 saturated carbocycles. The van der Waals surface area contributed by atoms with Gasteiger partial charge in [-0.3, -0.25) is 28.7 Å². The number of ketones is 3. The van der Waals surface area contributed by atoms with Gasteiger partial charge in [0.05, 0.1) is 0 Å². The molecule has 0 aliphatic carbocycles. The number of carbonyl (C=O) groups is 3. The normalized spacial score (nSPS) is 33.5. The number of aromatic nitrogens is 2. The summed E-state index contributed by atoms with van der Waals surface area (Å²) in [4.78, 5) is 61.6. The Morgan fingerprint density at radius 3 is 2.21 bits per heavy atom. The topological polar surface area (TPSA) is 176 Å². The highest BCUT2D eigenvalue weighted by molar-refractivity contribution is 6.00. The number of aromatic amines is 1. The predicted molar refractivity (Wildman–Crippen MR) is 88.1 cm³/mol. The number of alkyl halides is 1. The van der Waals surface area contributed by atoms with Crippen molar-refractivity contribution in [2.45, 2.75) is 49.9 Å². The van der Waals surface area contributed by atoms with Gasteiger partial charge in [0, 0.05) is 12.3 Å². The number of hydrogen-bond acceptors (Lipinski definition) is 9. The van der Waals surface area contributed by atoms with Crippen LogP contribution < -0.4 is 11.2 Å². The van der Waals surface area contributed by atoms with Crippen LogP contribution in [0.1, 0.15) is 27.0 Å². The number of H-pyrrole nitrogens is 1.